The highest BCUT2D eigenvalue weighted by Gasteiger charge is 2.42. The second-order valence-electron chi connectivity index (χ2n) is 6.83. The van der Waals surface area contributed by atoms with Gasteiger partial charge in [0.05, 0.1) is 12.0 Å². The molecule has 0 aromatic rings. The number of ether oxygens (including phenoxy) is 1. The summed E-state index contributed by atoms with van der Waals surface area (Å²) in [6.07, 6.45) is -0.151. The molecule has 1 amide bonds. The zero-order valence-electron chi connectivity index (χ0n) is 16.3. The number of aliphatic imine (C=N–C) groups is 1. The van der Waals surface area contributed by atoms with Gasteiger partial charge in [-0.05, 0) is 26.2 Å². The van der Waals surface area contributed by atoms with Crippen LogP contribution in [-0.4, -0.2) is 69.9 Å². The summed E-state index contributed by atoms with van der Waals surface area (Å²) in [5.41, 5.74) is -0.443. The van der Waals surface area contributed by atoms with Gasteiger partial charge in [-0.2, -0.15) is 13.2 Å². The van der Waals surface area contributed by atoms with E-state index in [9.17, 15) is 18.0 Å². The molecule has 0 spiro atoms. The Morgan fingerprint density at radius 1 is 1.22 bits per heavy atom. The number of amides is 1. The fourth-order valence-corrected chi connectivity index (χ4v) is 3.11. The van der Waals surface area contributed by atoms with Crippen molar-refractivity contribution in [2.75, 3.05) is 46.9 Å². The molecule has 0 bridgehead atoms. The van der Waals surface area contributed by atoms with Crippen molar-refractivity contribution in [3.8, 4) is 0 Å². The molecule has 10 heteroatoms. The fraction of sp³-hybridized carbons (Fsp3) is 0.882. The van der Waals surface area contributed by atoms with Crippen LogP contribution in [0.5, 0.6) is 0 Å². The third-order valence-electron chi connectivity index (χ3n) is 4.33. The SMILES string of the molecule is CCNC(=NCC1(C(=O)N(C)C)CCCC1)NCCCOCC(F)(F)F.I. The Hall–Kier alpha value is -0.780. The molecule has 1 aliphatic rings. The first-order valence-corrected chi connectivity index (χ1v) is 9.08. The highest BCUT2D eigenvalue weighted by Crippen LogP contribution is 2.39. The van der Waals surface area contributed by atoms with Crippen molar-refractivity contribution in [1.29, 1.82) is 0 Å². The number of carbonyl (C=O) groups excluding carboxylic acids is 1. The summed E-state index contributed by atoms with van der Waals surface area (Å²) in [5, 5.41) is 6.18. The second kappa shape index (κ2) is 12.6. The predicted molar refractivity (Wildman–Crippen MR) is 110 cm³/mol. The van der Waals surface area contributed by atoms with Crippen molar-refractivity contribution >= 4 is 35.8 Å². The van der Waals surface area contributed by atoms with E-state index in [1.165, 1.54) is 0 Å². The highest BCUT2D eigenvalue weighted by atomic mass is 127. The van der Waals surface area contributed by atoms with Crippen LogP contribution in [0.3, 0.4) is 0 Å². The first kappa shape index (κ1) is 26.2. The first-order chi connectivity index (χ1) is 12.2. The summed E-state index contributed by atoms with van der Waals surface area (Å²) < 4.78 is 40.6. The van der Waals surface area contributed by atoms with Crippen LogP contribution in [0.15, 0.2) is 4.99 Å². The van der Waals surface area contributed by atoms with Crippen LogP contribution in [0.25, 0.3) is 0 Å². The molecular formula is C17H32F3IN4O2. The third kappa shape index (κ3) is 9.82. The topological polar surface area (TPSA) is 66.0 Å². The Balaban J connectivity index is 0.00000676. The van der Waals surface area contributed by atoms with E-state index in [2.05, 4.69) is 20.4 Å². The lowest BCUT2D eigenvalue weighted by atomic mass is 9.85. The van der Waals surface area contributed by atoms with Crippen LogP contribution in [0.4, 0.5) is 13.2 Å². The van der Waals surface area contributed by atoms with Crippen molar-refractivity contribution in [2.45, 2.75) is 45.2 Å². The monoisotopic (exact) mass is 508 g/mol. The summed E-state index contributed by atoms with van der Waals surface area (Å²) >= 11 is 0. The Morgan fingerprint density at radius 2 is 1.85 bits per heavy atom. The van der Waals surface area contributed by atoms with E-state index in [1.807, 2.05) is 6.92 Å². The molecule has 0 aromatic carbocycles. The van der Waals surface area contributed by atoms with Gasteiger partial charge in [-0.15, -0.1) is 24.0 Å². The van der Waals surface area contributed by atoms with Gasteiger partial charge in [0.15, 0.2) is 5.96 Å². The number of guanidine groups is 1. The van der Waals surface area contributed by atoms with Crippen molar-refractivity contribution in [2.24, 2.45) is 10.4 Å². The number of rotatable bonds is 9. The van der Waals surface area contributed by atoms with Gasteiger partial charge in [0.1, 0.15) is 6.61 Å². The number of hydrogen-bond donors (Lipinski definition) is 2. The number of nitrogens with one attached hydrogen (secondary N) is 2. The molecule has 1 rings (SSSR count). The van der Waals surface area contributed by atoms with Crippen molar-refractivity contribution < 1.29 is 22.7 Å². The smallest absolute Gasteiger partial charge is 0.372 e. The van der Waals surface area contributed by atoms with Gasteiger partial charge in [0, 0.05) is 33.8 Å². The van der Waals surface area contributed by atoms with Crippen molar-refractivity contribution in [3.05, 3.63) is 0 Å². The summed E-state index contributed by atoms with van der Waals surface area (Å²) in [4.78, 5) is 18.7. The number of alkyl halides is 3. The highest BCUT2D eigenvalue weighted by molar-refractivity contribution is 14.0. The molecule has 2 N–H and O–H groups in total. The molecule has 6 nitrogen and oxygen atoms in total. The average molecular weight is 508 g/mol. The molecule has 1 saturated carbocycles. The summed E-state index contributed by atoms with van der Waals surface area (Å²) in [6.45, 7) is 2.23. The standard InChI is InChI=1S/C17H31F3N4O2.HI/c1-4-21-15(22-10-7-11-26-13-17(18,19)20)23-12-16(8-5-6-9-16)14(25)24(2)3;/h4-13H2,1-3H3,(H2,21,22,23);1H. The maximum Gasteiger partial charge on any atom is 0.411 e. The summed E-state index contributed by atoms with van der Waals surface area (Å²) in [6, 6.07) is 0. The lowest BCUT2D eigenvalue weighted by Gasteiger charge is -2.29. The normalized spacial score (nSPS) is 16.6. The Bertz CT molecular complexity index is 468. The van der Waals surface area contributed by atoms with Crippen LogP contribution >= 0.6 is 24.0 Å². The molecule has 0 aromatic heterocycles. The zero-order valence-corrected chi connectivity index (χ0v) is 18.7. The van der Waals surface area contributed by atoms with Gasteiger partial charge < -0.3 is 20.3 Å². The molecule has 0 saturated heterocycles. The lowest BCUT2D eigenvalue weighted by molar-refractivity contribution is -0.173. The molecule has 0 heterocycles. The Kier molecular flexibility index (Phi) is 12.3. The molecule has 1 aliphatic carbocycles. The Labute approximate surface area is 176 Å². The molecule has 1 fully saturated rings. The van der Waals surface area contributed by atoms with E-state index >= 15 is 0 Å². The van der Waals surface area contributed by atoms with Crippen LogP contribution < -0.4 is 10.6 Å². The molecule has 160 valence electrons. The minimum Gasteiger partial charge on any atom is -0.372 e. The van der Waals surface area contributed by atoms with Gasteiger partial charge in [-0.1, -0.05) is 12.8 Å². The number of nitrogens with zero attached hydrogens (tertiary/aromatic N) is 2. The second-order valence-corrected chi connectivity index (χ2v) is 6.83. The van der Waals surface area contributed by atoms with Crippen LogP contribution in [-0.2, 0) is 9.53 Å². The average Bonchev–Trinajstić information content (AvgIpc) is 3.03. The van der Waals surface area contributed by atoms with Crippen LogP contribution in [0.2, 0.25) is 0 Å². The molecule has 0 radical (unpaired) electrons. The quantitative estimate of drug-likeness (QED) is 0.218. The predicted octanol–water partition coefficient (Wildman–Crippen LogP) is 2.78. The summed E-state index contributed by atoms with van der Waals surface area (Å²) in [5.74, 6) is 0.677. The van der Waals surface area contributed by atoms with Crippen molar-refractivity contribution in [3.63, 3.8) is 0 Å². The van der Waals surface area contributed by atoms with Gasteiger partial charge >= 0.3 is 6.18 Å². The lowest BCUT2D eigenvalue weighted by Crippen LogP contribution is -2.43. The number of hydrogen-bond acceptors (Lipinski definition) is 3. The largest absolute Gasteiger partial charge is 0.411 e. The van der Waals surface area contributed by atoms with Gasteiger partial charge in [-0.3, -0.25) is 9.79 Å². The Morgan fingerprint density at radius 3 is 2.37 bits per heavy atom. The minimum absolute atomic E-state index is 0. The van der Waals surface area contributed by atoms with Crippen LogP contribution in [0.1, 0.15) is 39.0 Å². The van der Waals surface area contributed by atoms with Crippen LogP contribution in [0, 0.1) is 5.41 Å². The summed E-state index contributed by atoms with van der Waals surface area (Å²) in [7, 11) is 3.52. The van der Waals surface area contributed by atoms with E-state index in [1.54, 1.807) is 19.0 Å². The fourth-order valence-electron chi connectivity index (χ4n) is 3.11. The van der Waals surface area contributed by atoms with Gasteiger partial charge in [-0.25, -0.2) is 0 Å². The van der Waals surface area contributed by atoms with E-state index < -0.39 is 18.2 Å². The first-order valence-electron chi connectivity index (χ1n) is 9.08. The van der Waals surface area contributed by atoms with Gasteiger partial charge in [0.25, 0.3) is 0 Å². The van der Waals surface area contributed by atoms with Gasteiger partial charge in [0.2, 0.25) is 5.91 Å². The number of carbonyl (C=O) groups is 1. The molecule has 27 heavy (non-hydrogen) atoms. The maximum atomic E-state index is 12.6. The van der Waals surface area contributed by atoms with Crippen molar-refractivity contribution in [1.82, 2.24) is 15.5 Å². The zero-order chi connectivity index (χ0) is 19.6. The number of halogens is 4. The minimum atomic E-state index is -4.29. The maximum absolute atomic E-state index is 12.6. The molecule has 0 unspecified atom stereocenters. The molecular weight excluding hydrogens is 476 g/mol. The molecule has 0 atom stereocenters. The third-order valence-corrected chi connectivity index (χ3v) is 4.33. The molecule has 0 aliphatic heterocycles. The van der Waals surface area contributed by atoms with E-state index in [0.717, 1.165) is 25.7 Å². The van der Waals surface area contributed by atoms with E-state index in [0.29, 0.717) is 32.0 Å². The van der Waals surface area contributed by atoms with E-state index in [4.69, 9.17) is 0 Å². The van der Waals surface area contributed by atoms with E-state index in [-0.39, 0.29) is 36.5 Å².